The highest BCUT2D eigenvalue weighted by Gasteiger charge is 2.07. The van der Waals surface area contributed by atoms with Crippen LogP contribution >= 0.6 is 0 Å². The van der Waals surface area contributed by atoms with Crippen LogP contribution in [0.3, 0.4) is 0 Å². The smallest absolute Gasteiger partial charge is 0.00943 e. The van der Waals surface area contributed by atoms with Gasteiger partial charge in [-0.1, -0.05) is 67.1 Å². The lowest BCUT2D eigenvalue weighted by molar-refractivity contribution is 0.617. The Morgan fingerprint density at radius 1 is 1.22 bits per heavy atom. The predicted molar refractivity (Wildman–Crippen MR) is 79.6 cm³/mol. The van der Waals surface area contributed by atoms with E-state index < -0.39 is 0 Å². The maximum absolute atomic E-state index is 2.31. The molecule has 1 aliphatic rings. The molecule has 94 valence electrons. The Balaban J connectivity index is 1.91. The zero-order valence-electron chi connectivity index (χ0n) is 11.4. The second kappa shape index (κ2) is 6.39. The van der Waals surface area contributed by atoms with Crippen LogP contribution in [0, 0.1) is 12.8 Å². The second-order valence-electron chi connectivity index (χ2n) is 5.17. The number of benzene rings is 1. The summed E-state index contributed by atoms with van der Waals surface area (Å²) in [6.45, 7) is 4.43. The molecule has 0 nitrogen and oxygen atoms in total. The quantitative estimate of drug-likeness (QED) is 0.694. The topological polar surface area (TPSA) is 0 Å². The Labute approximate surface area is 111 Å². The van der Waals surface area contributed by atoms with Crippen molar-refractivity contribution < 1.29 is 0 Å². The van der Waals surface area contributed by atoms with E-state index in [1.165, 1.54) is 29.5 Å². The summed E-state index contributed by atoms with van der Waals surface area (Å²) in [7, 11) is 0. The molecule has 1 unspecified atom stereocenters. The third-order valence-corrected chi connectivity index (χ3v) is 3.54. The molecule has 0 spiro atoms. The summed E-state index contributed by atoms with van der Waals surface area (Å²) in [5.74, 6) is 0.707. The summed E-state index contributed by atoms with van der Waals surface area (Å²) in [6, 6.07) is 8.76. The normalized spacial score (nSPS) is 21.9. The molecular weight excluding hydrogens is 216 g/mol. The number of rotatable bonds is 3. The van der Waals surface area contributed by atoms with E-state index in [1.807, 2.05) is 0 Å². The van der Waals surface area contributed by atoms with Crippen molar-refractivity contribution in [2.45, 2.75) is 33.1 Å². The summed E-state index contributed by atoms with van der Waals surface area (Å²) in [4.78, 5) is 0. The zero-order valence-corrected chi connectivity index (χ0v) is 11.4. The predicted octanol–water partition coefficient (Wildman–Crippen LogP) is 5.01. The lowest BCUT2D eigenvalue weighted by Crippen LogP contribution is -2.00. The van der Waals surface area contributed by atoms with Crippen LogP contribution < -0.4 is 0 Å². The van der Waals surface area contributed by atoms with Gasteiger partial charge in [-0.15, -0.1) is 0 Å². The molecular formula is C18H22. The minimum Gasteiger partial charge on any atom is -0.0842 e. The average Bonchev–Trinajstić information content (AvgIpc) is 2.39. The molecule has 1 aromatic carbocycles. The molecule has 1 aromatic rings. The van der Waals surface area contributed by atoms with Crippen molar-refractivity contribution in [1.29, 1.82) is 0 Å². The molecule has 0 saturated carbocycles. The maximum Gasteiger partial charge on any atom is -0.00943 e. The summed E-state index contributed by atoms with van der Waals surface area (Å²) in [5.41, 5.74) is 4.16. The van der Waals surface area contributed by atoms with Crippen molar-refractivity contribution in [2.24, 2.45) is 5.92 Å². The Hall–Kier alpha value is -1.56. The zero-order chi connectivity index (χ0) is 12.8. The first-order valence-corrected chi connectivity index (χ1v) is 6.84. The van der Waals surface area contributed by atoms with Crippen LogP contribution in [0.25, 0.3) is 0 Å². The van der Waals surface area contributed by atoms with Crippen molar-refractivity contribution in [3.8, 4) is 0 Å². The van der Waals surface area contributed by atoms with Crippen LogP contribution in [0.15, 0.2) is 60.2 Å². The number of aryl methyl sites for hydroxylation is 1. The standard InChI is InChI=1S/C18H22/c1-15-11-13-17(14-12-15)8-4-6-10-18-9-5-3-7-16(18)2/h4-6,9-14,16H,3,7-8H2,1-2H3/b6-4-,18-10-. The highest BCUT2D eigenvalue weighted by atomic mass is 14.1. The van der Waals surface area contributed by atoms with Gasteiger partial charge in [0.25, 0.3) is 0 Å². The van der Waals surface area contributed by atoms with E-state index >= 15 is 0 Å². The third-order valence-electron chi connectivity index (χ3n) is 3.54. The highest BCUT2D eigenvalue weighted by molar-refractivity contribution is 5.29. The summed E-state index contributed by atoms with van der Waals surface area (Å²) in [6.07, 6.45) is 14.8. The molecule has 0 bridgehead atoms. The molecule has 0 aliphatic heterocycles. The van der Waals surface area contributed by atoms with E-state index in [-0.39, 0.29) is 0 Å². The van der Waals surface area contributed by atoms with E-state index in [4.69, 9.17) is 0 Å². The number of hydrogen-bond acceptors (Lipinski definition) is 0. The Bertz CT molecular complexity index is 457. The summed E-state index contributed by atoms with van der Waals surface area (Å²) >= 11 is 0. The van der Waals surface area contributed by atoms with Crippen molar-refractivity contribution >= 4 is 0 Å². The van der Waals surface area contributed by atoms with Gasteiger partial charge in [-0.05, 0) is 43.2 Å². The molecule has 0 radical (unpaired) electrons. The third kappa shape index (κ3) is 3.73. The molecule has 0 N–H and O–H groups in total. The van der Waals surface area contributed by atoms with Gasteiger partial charge < -0.3 is 0 Å². The molecule has 0 aromatic heterocycles. The summed E-state index contributed by atoms with van der Waals surface area (Å²) in [5, 5.41) is 0. The molecule has 1 atom stereocenters. The van der Waals surface area contributed by atoms with Crippen LogP contribution in [0.1, 0.15) is 30.9 Å². The van der Waals surface area contributed by atoms with Gasteiger partial charge in [0.05, 0.1) is 0 Å². The lowest BCUT2D eigenvalue weighted by Gasteiger charge is -2.15. The maximum atomic E-state index is 2.31. The van der Waals surface area contributed by atoms with Gasteiger partial charge in [0.1, 0.15) is 0 Å². The molecule has 0 saturated heterocycles. The summed E-state index contributed by atoms with van der Waals surface area (Å²) < 4.78 is 0. The second-order valence-corrected chi connectivity index (χ2v) is 5.17. The molecule has 0 heterocycles. The molecule has 0 heteroatoms. The fourth-order valence-electron chi connectivity index (χ4n) is 2.22. The van der Waals surface area contributed by atoms with E-state index in [0.717, 1.165) is 6.42 Å². The van der Waals surface area contributed by atoms with Gasteiger partial charge in [0.15, 0.2) is 0 Å². The van der Waals surface area contributed by atoms with Gasteiger partial charge in [0, 0.05) is 0 Å². The first-order valence-electron chi connectivity index (χ1n) is 6.84. The van der Waals surface area contributed by atoms with Crippen LogP contribution in [0.5, 0.6) is 0 Å². The van der Waals surface area contributed by atoms with Gasteiger partial charge in [-0.3, -0.25) is 0 Å². The lowest BCUT2D eigenvalue weighted by atomic mass is 9.90. The van der Waals surface area contributed by atoms with Crippen molar-refractivity contribution in [3.05, 3.63) is 71.3 Å². The van der Waals surface area contributed by atoms with E-state index in [1.54, 1.807) is 0 Å². The number of allylic oxidation sites excluding steroid dienone is 6. The van der Waals surface area contributed by atoms with Crippen molar-refractivity contribution in [2.75, 3.05) is 0 Å². The average molecular weight is 238 g/mol. The Morgan fingerprint density at radius 2 is 2.00 bits per heavy atom. The Morgan fingerprint density at radius 3 is 2.72 bits per heavy atom. The molecule has 0 fully saturated rings. The van der Waals surface area contributed by atoms with Crippen LogP contribution in [-0.4, -0.2) is 0 Å². The van der Waals surface area contributed by atoms with Gasteiger partial charge in [-0.25, -0.2) is 0 Å². The van der Waals surface area contributed by atoms with Crippen molar-refractivity contribution in [1.82, 2.24) is 0 Å². The van der Waals surface area contributed by atoms with Crippen molar-refractivity contribution in [3.63, 3.8) is 0 Å². The first-order chi connectivity index (χ1) is 8.75. The molecule has 0 amide bonds. The molecule has 1 aliphatic carbocycles. The minimum absolute atomic E-state index is 0.707. The highest BCUT2D eigenvalue weighted by Crippen LogP contribution is 2.23. The Kier molecular flexibility index (Phi) is 4.58. The molecule has 18 heavy (non-hydrogen) atoms. The van der Waals surface area contributed by atoms with Gasteiger partial charge in [0.2, 0.25) is 0 Å². The fraction of sp³-hybridized carbons (Fsp3) is 0.333. The first kappa shape index (κ1) is 12.9. The SMILES string of the molecule is Cc1ccc(C/C=C\C=C2\C=CCCC2C)cc1. The van der Waals surface area contributed by atoms with E-state index in [9.17, 15) is 0 Å². The van der Waals surface area contributed by atoms with Crippen LogP contribution in [0.4, 0.5) is 0 Å². The van der Waals surface area contributed by atoms with Crippen LogP contribution in [0.2, 0.25) is 0 Å². The van der Waals surface area contributed by atoms with E-state index in [2.05, 4.69) is 68.5 Å². The molecule has 2 rings (SSSR count). The number of hydrogen-bond donors (Lipinski definition) is 0. The van der Waals surface area contributed by atoms with E-state index in [0.29, 0.717) is 5.92 Å². The van der Waals surface area contributed by atoms with Crippen LogP contribution in [-0.2, 0) is 6.42 Å². The minimum atomic E-state index is 0.707. The van der Waals surface area contributed by atoms with Gasteiger partial charge in [-0.2, -0.15) is 0 Å². The fourth-order valence-corrected chi connectivity index (χ4v) is 2.22. The van der Waals surface area contributed by atoms with Gasteiger partial charge >= 0.3 is 0 Å². The largest absolute Gasteiger partial charge is 0.0842 e. The monoisotopic (exact) mass is 238 g/mol.